The standard InChI is InChI=1S/C14H14ClN3O3S/c15-12-3-1-2-4-13(12)18-8-11(7-16-18)17-14(19)10-5-6-22(20,21)9-10/h1-4,7-8,10H,5-6,9H2,(H,17,19)/t10-/m0/s1. The lowest BCUT2D eigenvalue weighted by molar-refractivity contribution is -0.119. The number of amides is 1. The van der Waals surface area contributed by atoms with Gasteiger partial charge in [-0.2, -0.15) is 5.10 Å². The van der Waals surface area contributed by atoms with Crippen LogP contribution in [0.2, 0.25) is 5.02 Å². The molecule has 0 radical (unpaired) electrons. The molecule has 0 spiro atoms. The van der Waals surface area contributed by atoms with Gasteiger partial charge in [-0.1, -0.05) is 23.7 Å². The van der Waals surface area contributed by atoms with Crippen molar-refractivity contribution in [1.82, 2.24) is 9.78 Å². The molecule has 1 atom stereocenters. The van der Waals surface area contributed by atoms with Crippen LogP contribution in [0.3, 0.4) is 0 Å². The summed E-state index contributed by atoms with van der Waals surface area (Å²) in [4.78, 5) is 12.1. The van der Waals surface area contributed by atoms with E-state index < -0.39 is 15.8 Å². The topological polar surface area (TPSA) is 81.1 Å². The molecule has 2 heterocycles. The summed E-state index contributed by atoms with van der Waals surface area (Å²) in [6, 6.07) is 7.22. The van der Waals surface area contributed by atoms with E-state index in [1.807, 2.05) is 18.2 Å². The predicted molar refractivity (Wildman–Crippen MR) is 84.0 cm³/mol. The molecule has 1 aliphatic heterocycles. The molecule has 1 saturated heterocycles. The van der Waals surface area contributed by atoms with Gasteiger partial charge in [0.2, 0.25) is 5.91 Å². The van der Waals surface area contributed by atoms with Crippen molar-refractivity contribution in [3.8, 4) is 5.69 Å². The maximum atomic E-state index is 12.1. The Bertz CT molecular complexity index is 816. The molecular weight excluding hydrogens is 326 g/mol. The predicted octanol–water partition coefficient (Wildman–Crippen LogP) is 1.90. The molecule has 1 N–H and O–H groups in total. The number of halogens is 1. The zero-order chi connectivity index (χ0) is 15.7. The van der Waals surface area contributed by atoms with E-state index in [1.165, 1.54) is 6.20 Å². The van der Waals surface area contributed by atoms with E-state index in [-0.39, 0.29) is 17.4 Å². The molecule has 1 aliphatic rings. The Balaban J connectivity index is 1.73. The van der Waals surface area contributed by atoms with Crippen LogP contribution < -0.4 is 5.32 Å². The third-order valence-corrected chi connectivity index (χ3v) is 5.64. The Morgan fingerprint density at radius 1 is 1.36 bits per heavy atom. The van der Waals surface area contributed by atoms with Crippen LogP contribution in [-0.4, -0.2) is 35.6 Å². The number of para-hydroxylation sites is 1. The summed E-state index contributed by atoms with van der Waals surface area (Å²) in [5, 5.41) is 7.40. The van der Waals surface area contributed by atoms with Crippen LogP contribution in [0.25, 0.3) is 5.69 Å². The van der Waals surface area contributed by atoms with E-state index in [2.05, 4.69) is 10.4 Å². The second-order valence-electron chi connectivity index (χ2n) is 5.21. The van der Waals surface area contributed by atoms with Gasteiger partial charge in [-0.25, -0.2) is 13.1 Å². The van der Waals surface area contributed by atoms with Crippen LogP contribution in [0.4, 0.5) is 5.69 Å². The number of nitrogens with zero attached hydrogens (tertiary/aromatic N) is 2. The molecule has 2 aromatic rings. The second kappa shape index (κ2) is 5.73. The zero-order valence-corrected chi connectivity index (χ0v) is 13.1. The molecule has 1 aromatic carbocycles. The van der Waals surface area contributed by atoms with Crippen molar-refractivity contribution < 1.29 is 13.2 Å². The lowest BCUT2D eigenvalue weighted by Gasteiger charge is -2.07. The fourth-order valence-corrected chi connectivity index (χ4v) is 4.37. The number of benzene rings is 1. The number of nitrogens with one attached hydrogen (secondary N) is 1. The molecule has 1 amide bonds. The summed E-state index contributed by atoms with van der Waals surface area (Å²) in [6.45, 7) is 0. The minimum atomic E-state index is -3.08. The van der Waals surface area contributed by atoms with Gasteiger partial charge in [0.15, 0.2) is 9.84 Å². The van der Waals surface area contributed by atoms with Gasteiger partial charge in [0.1, 0.15) is 0 Å². The van der Waals surface area contributed by atoms with Gasteiger partial charge in [-0.3, -0.25) is 4.79 Å². The lowest BCUT2D eigenvalue weighted by atomic mass is 10.1. The molecule has 116 valence electrons. The summed E-state index contributed by atoms with van der Waals surface area (Å²) in [7, 11) is -3.08. The van der Waals surface area contributed by atoms with Crippen molar-refractivity contribution in [2.45, 2.75) is 6.42 Å². The fraction of sp³-hybridized carbons (Fsp3) is 0.286. The number of rotatable bonds is 3. The van der Waals surface area contributed by atoms with E-state index in [1.54, 1.807) is 16.9 Å². The van der Waals surface area contributed by atoms with Gasteiger partial charge < -0.3 is 5.32 Å². The van der Waals surface area contributed by atoms with Gasteiger partial charge in [0.05, 0.1) is 46.2 Å². The Labute approximate surface area is 133 Å². The molecule has 0 bridgehead atoms. The Morgan fingerprint density at radius 3 is 2.82 bits per heavy atom. The molecule has 6 nitrogen and oxygen atoms in total. The van der Waals surface area contributed by atoms with Gasteiger partial charge in [-0.05, 0) is 18.6 Å². The average molecular weight is 340 g/mol. The molecule has 1 aromatic heterocycles. The van der Waals surface area contributed by atoms with E-state index >= 15 is 0 Å². The molecule has 0 aliphatic carbocycles. The molecule has 0 saturated carbocycles. The molecule has 1 fully saturated rings. The quantitative estimate of drug-likeness (QED) is 0.926. The summed E-state index contributed by atoms with van der Waals surface area (Å²) in [5.41, 5.74) is 1.21. The second-order valence-corrected chi connectivity index (χ2v) is 7.85. The minimum absolute atomic E-state index is 0.0734. The first-order valence-corrected chi connectivity index (χ1v) is 8.95. The van der Waals surface area contributed by atoms with Crippen LogP contribution in [-0.2, 0) is 14.6 Å². The highest BCUT2D eigenvalue weighted by atomic mass is 35.5. The highest BCUT2D eigenvalue weighted by molar-refractivity contribution is 7.91. The molecule has 8 heteroatoms. The van der Waals surface area contributed by atoms with Gasteiger partial charge in [0.25, 0.3) is 0 Å². The van der Waals surface area contributed by atoms with Crippen LogP contribution in [0.15, 0.2) is 36.7 Å². The first kappa shape index (κ1) is 15.1. The first-order chi connectivity index (χ1) is 10.4. The van der Waals surface area contributed by atoms with Crippen molar-refractivity contribution in [3.05, 3.63) is 41.7 Å². The van der Waals surface area contributed by atoms with E-state index in [9.17, 15) is 13.2 Å². The van der Waals surface area contributed by atoms with Crippen LogP contribution in [0.1, 0.15) is 6.42 Å². The molecule has 0 unspecified atom stereocenters. The van der Waals surface area contributed by atoms with Crippen molar-refractivity contribution in [2.75, 3.05) is 16.8 Å². The van der Waals surface area contributed by atoms with E-state index in [4.69, 9.17) is 11.6 Å². The SMILES string of the molecule is O=C(Nc1cnn(-c2ccccc2Cl)c1)[C@H]1CCS(=O)(=O)C1. The average Bonchev–Trinajstić information content (AvgIpc) is 3.06. The van der Waals surface area contributed by atoms with Crippen molar-refractivity contribution in [2.24, 2.45) is 5.92 Å². The third kappa shape index (κ3) is 3.15. The highest BCUT2D eigenvalue weighted by Crippen LogP contribution is 2.22. The zero-order valence-electron chi connectivity index (χ0n) is 11.6. The van der Waals surface area contributed by atoms with Gasteiger partial charge in [0, 0.05) is 0 Å². The molecular formula is C14H14ClN3O3S. The Kier molecular flexibility index (Phi) is 3.92. The van der Waals surface area contributed by atoms with E-state index in [0.717, 1.165) is 0 Å². The lowest BCUT2D eigenvalue weighted by Crippen LogP contribution is -2.23. The maximum Gasteiger partial charge on any atom is 0.228 e. The summed E-state index contributed by atoms with van der Waals surface area (Å²) >= 11 is 6.09. The highest BCUT2D eigenvalue weighted by Gasteiger charge is 2.33. The summed E-state index contributed by atoms with van der Waals surface area (Å²) in [6.07, 6.45) is 3.51. The van der Waals surface area contributed by atoms with Crippen molar-refractivity contribution in [3.63, 3.8) is 0 Å². The maximum absolute atomic E-state index is 12.1. The summed E-state index contributed by atoms with van der Waals surface area (Å²) < 4.78 is 24.4. The number of aromatic nitrogens is 2. The molecule has 3 rings (SSSR count). The van der Waals surface area contributed by atoms with Crippen LogP contribution in [0, 0.1) is 5.92 Å². The minimum Gasteiger partial charge on any atom is -0.323 e. The van der Waals surface area contributed by atoms with Crippen LogP contribution in [0.5, 0.6) is 0 Å². The van der Waals surface area contributed by atoms with Crippen molar-refractivity contribution >= 4 is 33.0 Å². The van der Waals surface area contributed by atoms with Crippen molar-refractivity contribution in [1.29, 1.82) is 0 Å². The van der Waals surface area contributed by atoms with Gasteiger partial charge in [-0.15, -0.1) is 0 Å². The number of carbonyl (C=O) groups excluding carboxylic acids is 1. The van der Waals surface area contributed by atoms with E-state index in [0.29, 0.717) is 22.8 Å². The normalized spacial score (nSPS) is 20.0. The number of hydrogen-bond acceptors (Lipinski definition) is 4. The number of hydrogen-bond donors (Lipinski definition) is 1. The number of anilines is 1. The monoisotopic (exact) mass is 339 g/mol. The largest absolute Gasteiger partial charge is 0.323 e. The fourth-order valence-electron chi connectivity index (χ4n) is 2.40. The third-order valence-electron chi connectivity index (χ3n) is 3.55. The number of carbonyl (C=O) groups is 1. The Hall–Kier alpha value is -1.86. The Morgan fingerprint density at radius 2 is 2.14 bits per heavy atom. The van der Waals surface area contributed by atoms with Crippen LogP contribution >= 0.6 is 11.6 Å². The summed E-state index contributed by atoms with van der Waals surface area (Å²) in [5.74, 6) is -0.796. The smallest absolute Gasteiger partial charge is 0.228 e. The van der Waals surface area contributed by atoms with Gasteiger partial charge >= 0.3 is 0 Å². The first-order valence-electron chi connectivity index (χ1n) is 6.75. The number of sulfone groups is 1. The molecule has 22 heavy (non-hydrogen) atoms.